The highest BCUT2D eigenvalue weighted by molar-refractivity contribution is 5.33. The third kappa shape index (κ3) is 5.44. The summed E-state index contributed by atoms with van der Waals surface area (Å²) in [5.41, 5.74) is 0.473. The van der Waals surface area contributed by atoms with Gasteiger partial charge >= 0.3 is 0 Å². The molecule has 3 nitrogen and oxygen atoms in total. The van der Waals surface area contributed by atoms with E-state index in [2.05, 4.69) is 6.92 Å². The molecule has 1 aliphatic carbocycles. The maximum Gasteiger partial charge on any atom is 0.200 e. The maximum atomic E-state index is 14.5. The van der Waals surface area contributed by atoms with Crippen molar-refractivity contribution < 1.29 is 23.0 Å². The molecule has 1 saturated heterocycles. The second-order valence-electron chi connectivity index (χ2n) is 8.24. The molecule has 0 aromatic heterocycles. The molecular formula is C23H34F2O3. The minimum absolute atomic E-state index is 0.0120. The van der Waals surface area contributed by atoms with Gasteiger partial charge in [-0.15, -0.1) is 0 Å². The molecule has 3 rings (SSSR count). The van der Waals surface area contributed by atoms with E-state index in [-0.39, 0.29) is 23.9 Å². The quantitative estimate of drug-likeness (QED) is 0.539. The van der Waals surface area contributed by atoms with Crippen LogP contribution in [0.4, 0.5) is 8.78 Å². The van der Waals surface area contributed by atoms with Gasteiger partial charge in [0.25, 0.3) is 0 Å². The van der Waals surface area contributed by atoms with Crippen LogP contribution in [0.5, 0.6) is 5.75 Å². The van der Waals surface area contributed by atoms with Gasteiger partial charge in [-0.1, -0.05) is 26.3 Å². The summed E-state index contributed by atoms with van der Waals surface area (Å²) in [6, 6.07) is 3.26. The van der Waals surface area contributed by atoms with Crippen molar-refractivity contribution in [1.82, 2.24) is 0 Å². The first-order chi connectivity index (χ1) is 13.6. The molecule has 1 aromatic rings. The van der Waals surface area contributed by atoms with Gasteiger partial charge in [0.1, 0.15) is 0 Å². The highest BCUT2D eigenvalue weighted by atomic mass is 19.2. The van der Waals surface area contributed by atoms with E-state index in [4.69, 9.17) is 14.2 Å². The molecule has 28 heavy (non-hydrogen) atoms. The Morgan fingerprint density at radius 2 is 1.79 bits per heavy atom. The number of rotatable bonds is 8. The number of halogens is 2. The van der Waals surface area contributed by atoms with E-state index < -0.39 is 11.6 Å². The van der Waals surface area contributed by atoms with Crippen molar-refractivity contribution in [2.24, 2.45) is 5.92 Å². The monoisotopic (exact) mass is 396 g/mol. The first-order valence-electron chi connectivity index (χ1n) is 11.0. The zero-order chi connectivity index (χ0) is 19.9. The van der Waals surface area contributed by atoms with E-state index in [0.29, 0.717) is 24.7 Å². The molecule has 0 spiro atoms. The summed E-state index contributed by atoms with van der Waals surface area (Å²) in [5, 5.41) is 0. The summed E-state index contributed by atoms with van der Waals surface area (Å²) in [6.07, 6.45) is 8.04. The smallest absolute Gasteiger partial charge is 0.200 e. The second kappa shape index (κ2) is 10.5. The SMILES string of the molecule is CCCOc1ccc(C2CCC(OCC3CCC(CC)CO3)CC2)c(F)c1F. The zero-order valence-corrected chi connectivity index (χ0v) is 17.2. The fourth-order valence-electron chi connectivity index (χ4n) is 4.28. The third-order valence-corrected chi connectivity index (χ3v) is 6.21. The van der Waals surface area contributed by atoms with E-state index in [1.807, 2.05) is 6.92 Å². The number of hydrogen-bond acceptors (Lipinski definition) is 3. The first-order valence-corrected chi connectivity index (χ1v) is 11.0. The van der Waals surface area contributed by atoms with Crippen molar-refractivity contribution in [3.63, 3.8) is 0 Å². The van der Waals surface area contributed by atoms with Crippen molar-refractivity contribution in [2.75, 3.05) is 19.8 Å². The van der Waals surface area contributed by atoms with Crippen LogP contribution in [0.15, 0.2) is 12.1 Å². The van der Waals surface area contributed by atoms with Gasteiger partial charge in [-0.25, -0.2) is 4.39 Å². The third-order valence-electron chi connectivity index (χ3n) is 6.21. The van der Waals surface area contributed by atoms with Crippen LogP contribution in [-0.2, 0) is 9.47 Å². The molecule has 1 saturated carbocycles. The molecule has 1 aromatic carbocycles. The van der Waals surface area contributed by atoms with Crippen LogP contribution in [0, 0.1) is 17.6 Å². The Labute approximate surface area is 167 Å². The standard InChI is InChI=1S/C23H34F2O3/c1-3-13-26-21-12-11-20(22(24)23(21)25)17-6-9-18(10-7-17)28-15-19-8-5-16(4-2)14-27-19/h11-12,16-19H,3-10,13-15H2,1-2H3. The summed E-state index contributed by atoms with van der Waals surface area (Å²) in [7, 11) is 0. The normalized spacial score (nSPS) is 28.3. The van der Waals surface area contributed by atoms with Gasteiger partial charge in [-0.2, -0.15) is 4.39 Å². The Morgan fingerprint density at radius 1 is 1.00 bits per heavy atom. The average Bonchev–Trinajstić information content (AvgIpc) is 2.74. The predicted molar refractivity (Wildman–Crippen MR) is 106 cm³/mol. The van der Waals surface area contributed by atoms with Gasteiger partial charge in [-0.3, -0.25) is 0 Å². The Morgan fingerprint density at radius 3 is 2.43 bits per heavy atom. The van der Waals surface area contributed by atoms with E-state index in [9.17, 15) is 8.78 Å². The molecular weight excluding hydrogens is 362 g/mol. The van der Waals surface area contributed by atoms with Crippen molar-refractivity contribution in [3.8, 4) is 5.75 Å². The van der Waals surface area contributed by atoms with Crippen molar-refractivity contribution in [3.05, 3.63) is 29.3 Å². The van der Waals surface area contributed by atoms with Gasteiger partial charge in [0.05, 0.1) is 25.4 Å². The fraction of sp³-hybridized carbons (Fsp3) is 0.739. The van der Waals surface area contributed by atoms with E-state index >= 15 is 0 Å². The fourth-order valence-corrected chi connectivity index (χ4v) is 4.28. The highest BCUT2D eigenvalue weighted by Gasteiger charge is 2.28. The van der Waals surface area contributed by atoms with Gasteiger partial charge in [0.15, 0.2) is 11.6 Å². The average molecular weight is 397 g/mol. The van der Waals surface area contributed by atoms with Crippen molar-refractivity contribution >= 4 is 0 Å². The van der Waals surface area contributed by atoms with Crippen LogP contribution in [0.1, 0.15) is 76.7 Å². The molecule has 2 aliphatic rings. The molecule has 2 atom stereocenters. The summed E-state index contributed by atoms with van der Waals surface area (Å²) >= 11 is 0. The van der Waals surface area contributed by atoms with Gasteiger partial charge in [0, 0.05) is 6.61 Å². The number of benzene rings is 1. The van der Waals surface area contributed by atoms with Crippen LogP contribution >= 0.6 is 0 Å². The summed E-state index contributed by atoms with van der Waals surface area (Å²) in [6.45, 7) is 6.04. The van der Waals surface area contributed by atoms with Crippen LogP contribution in [0.2, 0.25) is 0 Å². The lowest BCUT2D eigenvalue weighted by molar-refractivity contribution is -0.0851. The van der Waals surface area contributed by atoms with Crippen LogP contribution < -0.4 is 4.74 Å². The molecule has 0 amide bonds. The predicted octanol–water partition coefficient (Wildman–Crippen LogP) is 6.00. The molecule has 5 heteroatoms. The number of hydrogen-bond donors (Lipinski definition) is 0. The van der Waals surface area contributed by atoms with Gasteiger partial charge in [-0.05, 0) is 68.4 Å². The van der Waals surface area contributed by atoms with Crippen LogP contribution in [0.25, 0.3) is 0 Å². The van der Waals surface area contributed by atoms with E-state index in [1.165, 1.54) is 12.8 Å². The molecule has 1 heterocycles. The van der Waals surface area contributed by atoms with E-state index in [1.54, 1.807) is 12.1 Å². The molecule has 2 unspecified atom stereocenters. The molecule has 158 valence electrons. The Hall–Kier alpha value is -1.20. The molecule has 2 fully saturated rings. The molecule has 0 N–H and O–H groups in total. The second-order valence-corrected chi connectivity index (χ2v) is 8.24. The topological polar surface area (TPSA) is 27.7 Å². The first kappa shape index (κ1) is 21.5. The minimum atomic E-state index is -0.857. The van der Waals surface area contributed by atoms with Crippen molar-refractivity contribution in [2.45, 2.75) is 83.3 Å². The van der Waals surface area contributed by atoms with Gasteiger partial charge < -0.3 is 14.2 Å². The van der Waals surface area contributed by atoms with Crippen molar-refractivity contribution in [1.29, 1.82) is 0 Å². The lowest BCUT2D eigenvalue weighted by atomic mass is 9.82. The lowest BCUT2D eigenvalue weighted by Crippen LogP contribution is -2.32. The maximum absolute atomic E-state index is 14.5. The summed E-state index contributed by atoms with van der Waals surface area (Å²) in [5.74, 6) is -0.854. The molecule has 0 bridgehead atoms. The summed E-state index contributed by atoms with van der Waals surface area (Å²) in [4.78, 5) is 0. The largest absolute Gasteiger partial charge is 0.490 e. The Kier molecular flexibility index (Phi) is 8.10. The lowest BCUT2D eigenvalue weighted by Gasteiger charge is -2.32. The molecule has 0 radical (unpaired) electrons. The highest BCUT2D eigenvalue weighted by Crippen LogP contribution is 2.37. The van der Waals surface area contributed by atoms with Gasteiger partial charge in [0.2, 0.25) is 5.82 Å². The van der Waals surface area contributed by atoms with Crippen LogP contribution in [0.3, 0.4) is 0 Å². The van der Waals surface area contributed by atoms with E-state index in [0.717, 1.165) is 45.1 Å². The number of ether oxygens (including phenoxy) is 3. The molecule has 1 aliphatic heterocycles. The Balaban J connectivity index is 1.45. The Bertz CT molecular complexity index is 606. The summed E-state index contributed by atoms with van der Waals surface area (Å²) < 4.78 is 46.0. The minimum Gasteiger partial charge on any atom is -0.490 e. The zero-order valence-electron chi connectivity index (χ0n) is 17.2. The van der Waals surface area contributed by atoms with Crippen LogP contribution in [-0.4, -0.2) is 32.0 Å².